The molecule has 0 bridgehead atoms. The number of aryl methyl sites for hydroxylation is 1. The number of hydrogen-bond acceptors (Lipinski definition) is 4. The summed E-state index contributed by atoms with van der Waals surface area (Å²) < 4.78 is 34.7. The first kappa shape index (κ1) is 23.6. The van der Waals surface area contributed by atoms with Crippen molar-refractivity contribution in [3.8, 4) is 5.75 Å². The van der Waals surface area contributed by atoms with E-state index in [1.165, 1.54) is 18.5 Å². The molecule has 3 rings (SSSR count). The fourth-order valence-electron chi connectivity index (χ4n) is 4.20. The lowest BCUT2D eigenvalue weighted by Crippen LogP contribution is -2.32. The van der Waals surface area contributed by atoms with E-state index in [2.05, 4.69) is 28.7 Å². The van der Waals surface area contributed by atoms with E-state index in [1.807, 2.05) is 39.0 Å². The van der Waals surface area contributed by atoms with Crippen LogP contribution >= 0.6 is 0 Å². The highest BCUT2D eigenvalue weighted by Crippen LogP contribution is 2.32. The minimum absolute atomic E-state index is 0.159. The molecule has 1 fully saturated rings. The molecule has 0 spiro atoms. The summed E-state index contributed by atoms with van der Waals surface area (Å²) in [7, 11) is -2.06. The number of sulfonamides is 1. The molecule has 1 aliphatic heterocycles. The van der Waals surface area contributed by atoms with Gasteiger partial charge in [0.1, 0.15) is 5.75 Å². The van der Waals surface area contributed by atoms with E-state index in [0.717, 1.165) is 35.9 Å². The molecule has 0 aromatic heterocycles. The Labute approximate surface area is 187 Å². The van der Waals surface area contributed by atoms with E-state index >= 15 is 0 Å². The first-order valence-corrected chi connectivity index (χ1v) is 12.7. The second-order valence-electron chi connectivity index (χ2n) is 9.12. The van der Waals surface area contributed by atoms with Crippen LogP contribution < -0.4 is 14.4 Å². The summed E-state index contributed by atoms with van der Waals surface area (Å²) in [4.78, 5) is 2.72. The molecule has 1 aliphatic rings. The number of nitrogens with one attached hydrogen (secondary N) is 1. The van der Waals surface area contributed by atoms with Crippen LogP contribution in [0.1, 0.15) is 69.2 Å². The van der Waals surface area contributed by atoms with Crippen molar-refractivity contribution >= 4 is 15.7 Å². The van der Waals surface area contributed by atoms with Crippen molar-refractivity contribution in [3.05, 3.63) is 53.1 Å². The number of rotatable bonds is 7. The van der Waals surface area contributed by atoms with Gasteiger partial charge in [0.15, 0.2) is 0 Å². The van der Waals surface area contributed by atoms with Gasteiger partial charge in [0.05, 0.1) is 12.0 Å². The number of anilines is 1. The molecule has 170 valence electrons. The van der Waals surface area contributed by atoms with Gasteiger partial charge in [-0.15, -0.1) is 0 Å². The molecule has 5 nitrogen and oxygen atoms in total. The first-order chi connectivity index (χ1) is 14.6. The van der Waals surface area contributed by atoms with E-state index in [4.69, 9.17) is 4.74 Å². The van der Waals surface area contributed by atoms with Crippen LogP contribution in [0.4, 0.5) is 5.69 Å². The van der Waals surface area contributed by atoms with Crippen LogP contribution in [-0.4, -0.2) is 28.6 Å². The summed E-state index contributed by atoms with van der Waals surface area (Å²) in [6.07, 6.45) is 2.44. The van der Waals surface area contributed by atoms with E-state index in [1.54, 1.807) is 20.1 Å². The number of methoxy groups -OCH3 is 1. The standard InChI is InChI=1S/C25H36N2O3S/c1-17(2)23-16-25(19(4)15-24(23)30-6)31(28,29)26-20(5)21-7-9-22(10-8-21)27-13-11-18(3)12-14-27/h7-10,15-18,20,26H,11-14H2,1-6H3/t20-/m0/s1. The molecule has 0 amide bonds. The van der Waals surface area contributed by atoms with Crippen LogP contribution in [0.2, 0.25) is 0 Å². The maximum Gasteiger partial charge on any atom is 0.241 e. The Kier molecular flexibility index (Phi) is 7.32. The lowest BCUT2D eigenvalue weighted by molar-refractivity contribution is 0.406. The van der Waals surface area contributed by atoms with Crippen molar-refractivity contribution < 1.29 is 13.2 Å². The minimum atomic E-state index is -3.67. The number of nitrogens with zero attached hydrogens (tertiary/aromatic N) is 1. The zero-order valence-electron chi connectivity index (χ0n) is 19.6. The van der Waals surface area contributed by atoms with Gasteiger partial charge in [0, 0.05) is 24.8 Å². The summed E-state index contributed by atoms with van der Waals surface area (Å²) in [6, 6.07) is 11.5. The van der Waals surface area contributed by atoms with Gasteiger partial charge in [-0.2, -0.15) is 0 Å². The van der Waals surface area contributed by atoms with E-state index in [0.29, 0.717) is 10.5 Å². The molecule has 2 aromatic rings. The summed E-state index contributed by atoms with van der Waals surface area (Å²) in [6.45, 7) is 12.2. The topological polar surface area (TPSA) is 58.6 Å². The van der Waals surface area contributed by atoms with Crippen molar-refractivity contribution in [2.75, 3.05) is 25.1 Å². The average molecular weight is 445 g/mol. The average Bonchev–Trinajstić information content (AvgIpc) is 2.73. The number of piperidine rings is 1. The van der Waals surface area contributed by atoms with Gasteiger partial charge < -0.3 is 9.64 Å². The van der Waals surface area contributed by atoms with Crippen molar-refractivity contribution in [1.82, 2.24) is 4.72 Å². The van der Waals surface area contributed by atoms with Crippen LogP contribution in [0.15, 0.2) is 41.3 Å². The first-order valence-electron chi connectivity index (χ1n) is 11.2. The van der Waals surface area contributed by atoms with Crippen LogP contribution in [0.3, 0.4) is 0 Å². The van der Waals surface area contributed by atoms with Crippen LogP contribution in [0.5, 0.6) is 5.75 Å². The number of ether oxygens (including phenoxy) is 1. The molecule has 0 aliphatic carbocycles. The lowest BCUT2D eigenvalue weighted by Gasteiger charge is -2.32. The van der Waals surface area contributed by atoms with Crippen molar-refractivity contribution in [2.24, 2.45) is 5.92 Å². The summed E-state index contributed by atoms with van der Waals surface area (Å²) in [5, 5.41) is 0. The third-order valence-corrected chi connectivity index (χ3v) is 8.00. The van der Waals surface area contributed by atoms with Gasteiger partial charge in [-0.3, -0.25) is 0 Å². The van der Waals surface area contributed by atoms with Gasteiger partial charge in [-0.05, 0) is 79.5 Å². The van der Waals surface area contributed by atoms with Gasteiger partial charge >= 0.3 is 0 Å². The zero-order valence-corrected chi connectivity index (χ0v) is 20.4. The van der Waals surface area contributed by atoms with Crippen LogP contribution in [-0.2, 0) is 10.0 Å². The molecule has 0 radical (unpaired) electrons. The minimum Gasteiger partial charge on any atom is -0.496 e. The molecule has 0 saturated carbocycles. The highest BCUT2D eigenvalue weighted by molar-refractivity contribution is 7.89. The quantitative estimate of drug-likeness (QED) is 0.621. The predicted octanol–water partition coefficient (Wildman–Crippen LogP) is 5.40. The Morgan fingerprint density at radius 3 is 2.23 bits per heavy atom. The fraction of sp³-hybridized carbons (Fsp3) is 0.520. The summed E-state index contributed by atoms with van der Waals surface area (Å²) in [5.41, 5.74) is 3.73. The molecule has 31 heavy (non-hydrogen) atoms. The smallest absolute Gasteiger partial charge is 0.241 e. The third-order valence-electron chi connectivity index (χ3n) is 6.31. The van der Waals surface area contributed by atoms with E-state index in [9.17, 15) is 8.42 Å². The van der Waals surface area contributed by atoms with Gasteiger partial charge in [-0.1, -0.05) is 32.9 Å². The van der Waals surface area contributed by atoms with Gasteiger partial charge in [0.25, 0.3) is 0 Å². The molecular weight excluding hydrogens is 408 g/mol. The molecule has 2 aromatic carbocycles. The van der Waals surface area contributed by atoms with Crippen LogP contribution in [0, 0.1) is 12.8 Å². The SMILES string of the molecule is COc1cc(C)c(S(=O)(=O)N[C@@H](C)c2ccc(N3CCC(C)CC3)cc2)cc1C(C)C. The maximum atomic E-state index is 13.2. The number of benzene rings is 2. The second-order valence-corrected chi connectivity index (χ2v) is 10.8. The molecule has 1 N–H and O–H groups in total. The highest BCUT2D eigenvalue weighted by atomic mass is 32.2. The largest absolute Gasteiger partial charge is 0.496 e. The normalized spacial score (nSPS) is 16.5. The predicted molar refractivity (Wildman–Crippen MR) is 128 cm³/mol. The monoisotopic (exact) mass is 444 g/mol. The molecule has 1 heterocycles. The molecule has 0 unspecified atom stereocenters. The number of hydrogen-bond donors (Lipinski definition) is 1. The Balaban J connectivity index is 1.78. The maximum absolute atomic E-state index is 13.2. The van der Waals surface area contributed by atoms with Crippen LogP contribution in [0.25, 0.3) is 0 Å². The van der Waals surface area contributed by atoms with Gasteiger partial charge in [0.2, 0.25) is 10.0 Å². The molecular formula is C25H36N2O3S. The van der Waals surface area contributed by atoms with Crippen molar-refractivity contribution in [1.29, 1.82) is 0 Å². The third kappa shape index (κ3) is 5.42. The molecule has 1 atom stereocenters. The van der Waals surface area contributed by atoms with E-state index < -0.39 is 10.0 Å². The summed E-state index contributed by atoms with van der Waals surface area (Å²) in [5.74, 6) is 1.68. The summed E-state index contributed by atoms with van der Waals surface area (Å²) >= 11 is 0. The Bertz CT molecular complexity index is 992. The van der Waals surface area contributed by atoms with Crippen molar-refractivity contribution in [2.45, 2.75) is 64.3 Å². The Morgan fingerprint density at radius 2 is 1.68 bits per heavy atom. The van der Waals surface area contributed by atoms with Gasteiger partial charge in [-0.25, -0.2) is 13.1 Å². The highest BCUT2D eigenvalue weighted by Gasteiger charge is 2.23. The van der Waals surface area contributed by atoms with Crippen molar-refractivity contribution in [3.63, 3.8) is 0 Å². The Hall–Kier alpha value is -2.05. The molecule has 6 heteroatoms. The zero-order chi connectivity index (χ0) is 22.8. The fourth-order valence-corrected chi connectivity index (χ4v) is 5.69. The second kappa shape index (κ2) is 9.61. The lowest BCUT2D eigenvalue weighted by atomic mass is 9.98. The van der Waals surface area contributed by atoms with E-state index in [-0.39, 0.29) is 12.0 Å². The molecule has 1 saturated heterocycles. The Morgan fingerprint density at radius 1 is 1.06 bits per heavy atom.